The molecular formula is C20H25NO3S. The van der Waals surface area contributed by atoms with Gasteiger partial charge in [0.15, 0.2) is 0 Å². The molecule has 1 aliphatic rings. The monoisotopic (exact) mass is 359 g/mol. The smallest absolute Gasteiger partial charge is 0.268 e. The molecule has 0 N–H and O–H groups in total. The Hall–Kier alpha value is -2.01. The highest BCUT2D eigenvalue weighted by molar-refractivity contribution is 7.93. The van der Waals surface area contributed by atoms with Crippen LogP contribution < -0.4 is 9.04 Å². The molecular weight excluding hydrogens is 334 g/mol. The van der Waals surface area contributed by atoms with E-state index >= 15 is 0 Å². The van der Waals surface area contributed by atoms with Crippen LogP contribution in [0.5, 0.6) is 5.75 Å². The molecule has 1 heterocycles. The number of hydrogen-bond donors (Lipinski definition) is 0. The van der Waals surface area contributed by atoms with Gasteiger partial charge in [0, 0.05) is 6.04 Å². The highest BCUT2D eigenvalue weighted by Crippen LogP contribution is 2.39. The number of methoxy groups -OCH3 is 1. The Kier molecular flexibility index (Phi) is 4.31. The zero-order valence-corrected chi connectivity index (χ0v) is 16.2. The van der Waals surface area contributed by atoms with Crippen LogP contribution in [-0.2, 0) is 21.9 Å². The van der Waals surface area contributed by atoms with Crippen LogP contribution in [0.1, 0.15) is 38.8 Å². The number of para-hydroxylation sites is 1. The topological polar surface area (TPSA) is 46.6 Å². The molecule has 1 atom stereocenters. The lowest BCUT2D eigenvalue weighted by Crippen LogP contribution is -2.36. The van der Waals surface area contributed by atoms with Crippen molar-refractivity contribution in [3.63, 3.8) is 0 Å². The fraction of sp³-hybridized carbons (Fsp3) is 0.400. The molecule has 2 aromatic carbocycles. The third-order valence-corrected chi connectivity index (χ3v) is 6.66. The molecule has 0 bridgehead atoms. The average Bonchev–Trinajstić information content (AvgIpc) is 2.89. The van der Waals surface area contributed by atoms with E-state index in [2.05, 4.69) is 20.8 Å². The predicted octanol–water partition coefficient (Wildman–Crippen LogP) is 4.13. The lowest BCUT2D eigenvalue weighted by Gasteiger charge is -2.27. The van der Waals surface area contributed by atoms with Crippen LogP contribution in [0.2, 0.25) is 0 Å². The summed E-state index contributed by atoms with van der Waals surface area (Å²) in [6.07, 6.45) is 0.719. The highest BCUT2D eigenvalue weighted by Gasteiger charge is 2.37. The maximum atomic E-state index is 13.5. The van der Waals surface area contributed by atoms with Crippen molar-refractivity contribution >= 4 is 15.7 Å². The van der Waals surface area contributed by atoms with Gasteiger partial charge in [-0.05, 0) is 48.1 Å². The fourth-order valence-corrected chi connectivity index (χ4v) is 5.23. The molecule has 0 spiro atoms. The number of sulfonamides is 1. The van der Waals surface area contributed by atoms with E-state index in [0.29, 0.717) is 5.75 Å². The van der Waals surface area contributed by atoms with Gasteiger partial charge in [-0.15, -0.1) is 0 Å². The molecule has 0 amide bonds. The first-order valence-electron chi connectivity index (χ1n) is 8.47. The van der Waals surface area contributed by atoms with E-state index in [-0.39, 0.29) is 16.4 Å². The largest absolute Gasteiger partial charge is 0.495 e. The lowest BCUT2D eigenvalue weighted by atomic mass is 9.87. The minimum atomic E-state index is -3.72. The standard InChI is InChI=1S/C20H25NO3S/c1-14-12-15-8-6-7-9-17(15)21(14)25(22,23)19-13-16(20(2,3)4)10-11-18(19)24-5/h6-11,13-14H,12H2,1-5H3. The summed E-state index contributed by atoms with van der Waals surface area (Å²) in [6, 6.07) is 13.0. The van der Waals surface area contributed by atoms with Crippen molar-refractivity contribution in [2.24, 2.45) is 0 Å². The Morgan fingerprint density at radius 1 is 1.12 bits per heavy atom. The van der Waals surface area contributed by atoms with Crippen molar-refractivity contribution in [1.82, 2.24) is 0 Å². The fourth-order valence-electron chi connectivity index (χ4n) is 3.35. The van der Waals surface area contributed by atoms with E-state index in [4.69, 9.17) is 4.74 Å². The molecule has 0 aliphatic carbocycles. The van der Waals surface area contributed by atoms with Crippen molar-refractivity contribution in [1.29, 1.82) is 0 Å². The van der Waals surface area contributed by atoms with Crippen molar-refractivity contribution in [2.75, 3.05) is 11.4 Å². The maximum absolute atomic E-state index is 13.5. The molecule has 0 fully saturated rings. The van der Waals surface area contributed by atoms with Crippen molar-refractivity contribution in [3.8, 4) is 5.75 Å². The third kappa shape index (κ3) is 3.01. The van der Waals surface area contributed by atoms with Gasteiger partial charge in [-0.2, -0.15) is 0 Å². The Morgan fingerprint density at radius 2 is 1.80 bits per heavy atom. The number of rotatable bonds is 3. The van der Waals surface area contributed by atoms with E-state index < -0.39 is 10.0 Å². The first kappa shape index (κ1) is 17.8. The van der Waals surface area contributed by atoms with Crippen molar-refractivity contribution in [3.05, 3.63) is 53.6 Å². The molecule has 1 unspecified atom stereocenters. The van der Waals surface area contributed by atoms with Gasteiger partial charge in [0.25, 0.3) is 10.0 Å². The van der Waals surface area contributed by atoms with E-state index in [1.54, 1.807) is 12.1 Å². The SMILES string of the molecule is COc1ccc(C(C)(C)C)cc1S(=O)(=O)N1c2ccccc2CC1C. The first-order chi connectivity index (χ1) is 11.7. The Morgan fingerprint density at radius 3 is 2.44 bits per heavy atom. The van der Waals surface area contributed by atoms with Crippen LogP contribution in [0.4, 0.5) is 5.69 Å². The normalized spacial score (nSPS) is 17.5. The summed E-state index contributed by atoms with van der Waals surface area (Å²) in [4.78, 5) is 0.228. The quantitative estimate of drug-likeness (QED) is 0.828. The summed E-state index contributed by atoms with van der Waals surface area (Å²) in [5.74, 6) is 0.379. The molecule has 134 valence electrons. The predicted molar refractivity (Wildman–Crippen MR) is 101 cm³/mol. The molecule has 0 aromatic heterocycles. The van der Waals surface area contributed by atoms with Crippen molar-refractivity contribution in [2.45, 2.75) is 50.5 Å². The number of fused-ring (bicyclic) bond motifs is 1. The maximum Gasteiger partial charge on any atom is 0.268 e. The average molecular weight is 359 g/mol. The number of hydrogen-bond acceptors (Lipinski definition) is 3. The second-order valence-corrected chi connectivity index (χ2v) is 9.38. The number of anilines is 1. The summed E-state index contributed by atoms with van der Waals surface area (Å²) in [5, 5.41) is 0. The zero-order valence-electron chi connectivity index (χ0n) is 15.4. The second kappa shape index (κ2) is 6.06. The van der Waals surface area contributed by atoms with E-state index in [1.807, 2.05) is 37.3 Å². The van der Waals surface area contributed by atoms with Gasteiger partial charge >= 0.3 is 0 Å². The third-order valence-electron chi connectivity index (χ3n) is 4.71. The molecule has 25 heavy (non-hydrogen) atoms. The summed E-state index contributed by atoms with van der Waals surface area (Å²) in [6.45, 7) is 8.15. The van der Waals surface area contributed by atoms with Crippen LogP contribution in [0, 0.1) is 0 Å². The molecule has 0 saturated heterocycles. The van der Waals surface area contributed by atoms with Gasteiger partial charge in [0.05, 0.1) is 12.8 Å². The molecule has 2 aromatic rings. The molecule has 4 nitrogen and oxygen atoms in total. The van der Waals surface area contributed by atoms with Gasteiger partial charge in [-0.25, -0.2) is 8.42 Å². The summed E-state index contributed by atoms with van der Waals surface area (Å²) in [5.41, 5.74) is 2.64. The minimum Gasteiger partial charge on any atom is -0.495 e. The molecule has 1 aliphatic heterocycles. The molecule has 3 rings (SSSR count). The van der Waals surface area contributed by atoms with E-state index in [0.717, 1.165) is 23.2 Å². The summed E-state index contributed by atoms with van der Waals surface area (Å²) >= 11 is 0. The summed E-state index contributed by atoms with van der Waals surface area (Å²) < 4.78 is 33.9. The van der Waals surface area contributed by atoms with Gasteiger partial charge < -0.3 is 4.74 Å². The zero-order chi connectivity index (χ0) is 18.4. The minimum absolute atomic E-state index is 0.120. The number of nitrogens with zero attached hydrogens (tertiary/aromatic N) is 1. The molecule has 5 heteroatoms. The second-order valence-electron chi connectivity index (χ2n) is 7.60. The van der Waals surface area contributed by atoms with Crippen LogP contribution in [-0.4, -0.2) is 21.6 Å². The van der Waals surface area contributed by atoms with Gasteiger partial charge in [-0.1, -0.05) is 45.0 Å². The summed E-state index contributed by atoms with van der Waals surface area (Å²) in [7, 11) is -2.21. The Balaban J connectivity index is 2.18. The Labute approximate surface area is 150 Å². The van der Waals surface area contributed by atoms with E-state index in [1.165, 1.54) is 11.4 Å². The highest BCUT2D eigenvalue weighted by atomic mass is 32.2. The van der Waals surface area contributed by atoms with Crippen LogP contribution in [0.25, 0.3) is 0 Å². The van der Waals surface area contributed by atoms with Gasteiger partial charge in [0.2, 0.25) is 0 Å². The van der Waals surface area contributed by atoms with Gasteiger partial charge in [-0.3, -0.25) is 4.31 Å². The van der Waals surface area contributed by atoms with Crippen LogP contribution >= 0.6 is 0 Å². The molecule has 0 radical (unpaired) electrons. The lowest BCUT2D eigenvalue weighted by molar-refractivity contribution is 0.401. The Bertz CT molecular complexity index is 897. The number of ether oxygens (including phenoxy) is 1. The van der Waals surface area contributed by atoms with Crippen LogP contribution in [0.3, 0.4) is 0 Å². The van der Waals surface area contributed by atoms with Crippen molar-refractivity contribution < 1.29 is 13.2 Å². The van der Waals surface area contributed by atoms with Crippen LogP contribution in [0.15, 0.2) is 47.4 Å². The molecule has 0 saturated carbocycles. The van der Waals surface area contributed by atoms with Gasteiger partial charge in [0.1, 0.15) is 10.6 Å². The van der Waals surface area contributed by atoms with E-state index in [9.17, 15) is 8.42 Å². The number of benzene rings is 2. The first-order valence-corrected chi connectivity index (χ1v) is 9.91.